The van der Waals surface area contributed by atoms with Crippen molar-refractivity contribution in [2.24, 2.45) is 0 Å². The molecule has 1 aromatic rings. The van der Waals surface area contributed by atoms with E-state index < -0.39 is 9.84 Å². The van der Waals surface area contributed by atoms with Crippen LogP contribution in [0.25, 0.3) is 0 Å². The van der Waals surface area contributed by atoms with Gasteiger partial charge in [0.2, 0.25) is 0 Å². The van der Waals surface area contributed by atoms with Crippen LogP contribution in [0.1, 0.15) is 19.3 Å². The number of hydrogen-bond donors (Lipinski definition) is 1. The lowest BCUT2D eigenvalue weighted by atomic mass is 9.95. The molecule has 2 aliphatic rings. The monoisotopic (exact) mass is 325 g/mol. The summed E-state index contributed by atoms with van der Waals surface area (Å²) in [5.41, 5.74) is 0. The third-order valence-corrected chi connectivity index (χ3v) is 5.63. The summed E-state index contributed by atoms with van der Waals surface area (Å²) in [6.07, 6.45) is 6.05. The molecule has 22 heavy (non-hydrogen) atoms. The number of rotatable bonds is 5. The summed E-state index contributed by atoms with van der Waals surface area (Å²) < 4.78 is 28.2. The van der Waals surface area contributed by atoms with E-state index in [-0.39, 0.29) is 4.90 Å². The second-order valence-corrected chi connectivity index (χ2v) is 8.07. The quantitative estimate of drug-likeness (QED) is 0.876. The number of nitrogens with zero attached hydrogens (tertiary/aromatic N) is 2. The molecule has 3 rings (SSSR count). The Bertz CT molecular complexity index is 597. The third kappa shape index (κ3) is 3.59. The number of hydrogen-bond acceptors (Lipinski definition) is 6. The van der Waals surface area contributed by atoms with Crippen LogP contribution in [-0.2, 0) is 14.6 Å². The minimum atomic E-state index is -3.18. The van der Waals surface area contributed by atoms with Gasteiger partial charge in [0.15, 0.2) is 9.84 Å². The summed E-state index contributed by atoms with van der Waals surface area (Å²) >= 11 is 0. The lowest BCUT2D eigenvalue weighted by molar-refractivity contribution is -0.0189. The predicted molar refractivity (Wildman–Crippen MR) is 84.8 cm³/mol. The van der Waals surface area contributed by atoms with Crippen molar-refractivity contribution in [2.45, 2.75) is 36.2 Å². The molecule has 122 valence electrons. The second-order valence-electron chi connectivity index (χ2n) is 6.06. The van der Waals surface area contributed by atoms with E-state index >= 15 is 0 Å². The summed E-state index contributed by atoms with van der Waals surface area (Å²) in [6.45, 7) is 3.76. The van der Waals surface area contributed by atoms with Gasteiger partial charge in [-0.05, 0) is 31.4 Å². The lowest BCUT2D eigenvalue weighted by Gasteiger charge is -2.47. The van der Waals surface area contributed by atoms with Crippen LogP contribution in [0.5, 0.6) is 0 Å². The van der Waals surface area contributed by atoms with Crippen LogP contribution in [0.3, 0.4) is 0 Å². The first kappa shape index (κ1) is 15.7. The smallest absolute Gasteiger partial charge is 0.177 e. The minimum absolute atomic E-state index is 0.255. The highest BCUT2D eigenvalue weighted by Gasteiger charge is 2.34. The number of likely N-dealkylation sites (tertiary alicyclic amines) is 1. The lowest BCUT2D eigenvalue weighted by Crippen LogP contribution is -2.57. The minimum Gasteiger partial charge on any atom is -0.381 e. The molecule has 1 unspecified atom stereocenters. The molecule has 0 saturated carbocycles. The van der Waals surface area contributed by atoms with Crippen LogP contribution in [0.15, 0.2) is 23.2 Å². The van der Waals surface area contributed by atoms with Crippen molar-refractivity contribution in [1.29, 1.82) is 0 Å². The molecular weight excluding hydrogens is 302 g/mol. The van der Waals surface area contributed by atoms with E-state index in [4.69, 9.17) is 4.74 Å². The van der Waals surface area contributed by atoms with Gasteiger partial charge in [-0.25, -0.2) is 13.4 Å². The average molecular weight is 325 g/mol. The van der Waals surface area contributed by atoms with E-state index in [0.717, 1.165) is 45.0 Å². The number of nitrogens with one attached hydrogen (secondary N) is 1. The molecule has 1 N–H and O–H groups in total. The van der Waals surface area contributed by atoms with Gasteiger partial charge in [-0.2, -0.15) is 0 Å². The number of anilines is 1. The molecule has 0 aliphatic carbocycles. The largest absolute Gasteiger partial charge is 0.381 e. The van der Waals surface area contributed by atoms with Crippen molar-refractivity contribution in [3.8, 4) is 0 Å². The zero-order chi connectivity index (χ0) is 15.6. The summed E-state index contributed by atoms with van der Waals surface area (Å²) in [7, 11) is -3.18. The van der Waals surface area contributed by atoms with Crippen molar-refractivity contribution in [2.75, 3.05) is 37.9 Å². The number of ether oxygens (including phenoxy) is 1. The van der Waals surface area contributed by atoms with Crippen LogP contribution < -0.4 is 5.32 Å². The van der Waals surface area contributed by atoms with Crippen molar-refractivity contribution in [3.63, 3.8) is 0 Å². The molecule has 0 amide bonds. The fourth-order valence-corrected chi connectivity index (χ4v) is 3.66. The Kier molecular flexibility index (Phi) is 4.65. The van der Waals surface area contributed by atoms with Crippen molar-refractivity contribution in [3.05, 3.63) is 18.3 Å². The Morgan fingerprint density at radius 1 is 1.32 bits per heavy atom. The SMILES string of the molecule is CS(=O)(=O)c1ccc(NCC2CCN2C2CCOCC2)nc1. The predicted octanol–water partition coefficient (Wildman–Crippen LogP) is 1.15. The maximum Gasteiger partial charge on any atom is 0.177 e. The normalized spacial score (nSPS) is 24.0. The molecule has 0 aromatic carbocycles. The summed E-state index contributed by atoms with van der Waals surface area (Å²) in [4.78, 5) is 7.00. The molecular formula is C15H23N3O3S. The zero-order valence-corrected chi connectivity index (χ0v) is 13.7. The van der Waals surface area contributed by atoms with Gasteiger partial charge in [0.05, 0.1) is 4.90 Å². The van der Waals surface area contributed by atoms with Gasteiger partial charge in [-0.15, -0.1) is 0 Å². The fraction of sp³-hybridized carbons (Fsp3) is 0.667. The Labute approximate surface area is 131 Å². The van der Waals surface area contributed by atoms with Crippen LogP contribution in [0, 0.1) is 0 Å². The van der Waals surface area contributed by atoms with Crippen molar-refractivity contribution < 1.29 is 13.2 Å². The Morgan fingerprint density at radius 2 is 2.09 bits per heavy atom. The first-order valence-electron chi connectivity index (χ1n) is 7.77. The molecule has 0 bridgehead atoms. The van der Waals surface area contributed by atoms with Gasteiger partial charge in [0.25, 0.3) is 0 Å². The van der Waals surface area contributed by atoms with E-state index in [1.54, 1.807) is 12.1 Å². The molecule has 1 atom stereocenters. The molecule has 2 fully saturated rings. The van der Waals surface area contributed by atoms with Gasteiger partial charge in [0.1, 0.15) is 5.82 Å². The Balaban J connectivity index is 1.52. The first-order valence-corrected chi connectivity index (χ1v) is 9.66. The van der Waals surface area contributed by atoms with Gasteiger partial charge < -0.3 is 10.1 Å². The fourth-order valence-electron chi connectivity index (χ4n) is 3.10. The second kappa shape index (κ2) is 6.52. The molecule has 0 radical (unpaired) electrons. The Morgan fingerprint density at radius 3 is 2.64 bits per heavy atom. The van der Waals surface area contributed by atoms with E-state index in [0.29, 0.717) is 12.1 Å². The number of pyridine rings is 1. The van der Waals surface area contributed by atoms with Crippen LogP contribution in [0.2, 0.25) is 0 Å². The summed E-state index contributed by atoms with van der Waals surface area (Å²) in [5.74, 6) is 0.728. The van der Waals surface area contributed by atoms with Gasteiger partial charge in [0, 0.05) is 50.8 Å². The summed E-state index contributed by atoms with van der Waals surface area (Å²) in [5, 5.41) is 3.32. The topological polar surface area (TPSA) is 71.5 Å². The zero-order valence-electron chi connectivity index (χ0n) is 12.9. The van der Waals surface area contributed by atoms with Crippen LogP contribution in [-0.4, -0.2) is 62.9 Å². The van der Waals surface area contributed by atoms with Gasteiger partial charge in [-0.3, -0.25) is 4.90 Å². The van der Waals surface area contributed by atoms with Gasteiger partial charge >= 0.3 is 0 Å². The van der Waals surface area contributed by atoms with E-state index in [1.807, 2.05) is 0 Å². The van der Waals surface area contributed by atoms with Gasteiger partial charge in [-0.1, -0.05) is 0 Å². The third-order valence-electron chi connectivity index (χ3n) is 4.53. The van der Waals surface area contributed by atoms with Crippen LogP contribution >= 0.6 is 0 Å². The van der Waals surface area contributed by atoms with Crippen molar-refractivity contribution in [1.82, 2.24) is 9.88 Å². The molecule has 2 aliphatic heterocycles. The van der Waals surface area contributed by atoms with E-state index in [1.165, 1.54) is 18.9 Å². The highest BCUT2D eigenvalue weighted by atomic mass is 32.2. The molecule has 0 spiro atoms. The molecule has 1 aromatic heterocycles. The first-order chi connectivity index (χ1) is 10.5. The van der Waals surface area contributed by atoms with E-state index in [2.05, 4.69) is 15.2 Å². The number of sulfone groups is 1. The molecule has 2 saturated heterocycles. The Hall–Kier alpha value is -1.18. The number of aromatic nitrogens is 1. The molecule has 7 heteroatoms. The maximum atomic E-state index is 11.4. The summed E-state index contributed by atoms with van der Waals surface area (Å²) in [6, 6.07) is 4.52. The highest BCUT2D eigenvalue weighted by molar-refractivity contribution is 7.90. The molecule has 6 nitrogen and oxygen atoms in total. The van der Waals surface area contributed by atoms with Crippen LogP contribution in [0.4, 0.5) is 5.82 Å². The maximum absolute atomic E-state index is 11.4. The standard InChI is InChI=1S/C15H23N3O3S/c1-22(19,20)14-2-3-15(17-11-14)16-10-13-4-7-18(13)12-5-8-21-9-6-12/h2-3,11-13H,4-10H2,1H3,(H,16,17). The van der Waals surface area contributed by atoms with E-state index in [9.17, 15) is 8.42 Å². The highest BCUT2D eigenvalue weighted by Crippen LogP contribution is 2.26. The van der Waals surface area contributed by atoms with Crippen molar-refractivity contribution >= 4 is 15.7 Å². The molecule has 3 heterocycles. The average Bonchev–Trinajstić information content (AvgIpc) is 2.47.